The summed E-state index contributed by atoms with van der Waals surface area (Å²) in [6.45, 7) is -0.278. The maximum Gasteiger partial charge on any atom is 0.317 e. The number of carboxylic acids is 1. The van der Waals surface area contributed by atoms with Crippen LogP contribution in [-0.2, 0) is 4.79 Å². The number of benzene rings is 1. The van der Waals surface area contributed by atoms with Gasteiger partial charge in [0.05, 0.1) is 6.54 Å². The van der Waals surface area contributed by atoms with Gasteiger partial charge < -0.3 is 10.8 Å². The highest BCUT2D eigenvalue weighted by molar-refractivity contribution is 6.15. The van der Waals surface area contributed by atoms with E-state index in [0.717, 1.165) is 0 Å². The second-order valence-electron chi connectivity index (χ2n) is 1.75. The van der Waals surface area contributed by atoms with Crippen LogP contribution in [-0.4, -0.2) is 24.0 Å². The van der Waals surface area contributed by atoms with Crippen LogP contribution < -0.4 is 5.73 Å². The molecule has 0 spiro atoms. The van der Waals surface area contributed by atoms with Crippen molar-refractivity contribution in [1.29, 1.82) is 0 Å². The minimum atomic E-state index is -0.968. The molecule has 0 fully saturated rings. The number of hydrogen-bond acceptors (Lipinski definition) is 2. The van der Waals surface area contributed by atoms with Gasteiger partial charge in [-0.25, -0.2) is 0 Å². The first-order valence-corrected chi connectivity index (χ1v) is 4.32. The van der Waals surface area contributed by atoms with Gasteiger partial charge in [0, 0.05) is 6.38 Å². The lowest BCUT2D eigenvalue weighted by molar-refractivity contribution is -0.135. The van der Waals surface area contributed by atoms with E-state index in [0.29, 0.717) is 0 Å². The normalized spacial score (nSPS) is 7.00. The van der Waals surface area contributed by atoms with Gasteiger partial charge in [0.1, 0.15) is 0 Å². The molecule has 0 saturated carbocycles. The highest BCUT2D eigenvalue weighted by Crippen LogP contribution is 1.79. The molecule has 0 atom stereocenters. The van der Waals surface area contributed by atoms with Gasteiger partial charge in [-0.2, -0.15) is 0 Å². The number of carboxylic acid groups (broad SMARTS) is 1. The molecule has 1 aromatic rings. The minimum absolute atomic E-state index is 0.278. The second-order valence-corrected chi connectivity index (χ2v) is 1.75. The van der Waals surface area contributed by atoms with E-state index < -0.39 is 5.97 Å². The fraction of sp³-hybridized carbons (Fsp3) is 0.222. The molecule has 0 amide bonds. The summed E-state index contributed by atoms with van der Waals surface area (Å²) in [5.74, 6) is -0.968. The average Bonchev–Trinajstić information content (AvgIpc) is 2.24. The molecule has 0 radical (unpaired) electrons. The molecule has 1 aromatic carbocycles. The van der Waals surface area contributed by atoms with E-state index in [4.69, 9.17) is 5.11 Å². The Balaban J connectivity index is 0. The van der Waals surface area contributed by atoms with Gasteiger partial charge in [-0.05, 0) is 0 Å². The maximum atomic E-state index is 9.24. The number of aliphatic carboxylic acids is 1. The van der Waals surface area contributed by atoms with Crippen molar-refractivity contribution in [2.45, 2.75) is 0 Å². The summed E-state index contributed by atoms with van der Waals surface area (Å²) >= 11 is 4.64. The van der Waals surface area contributed by atoms with E-state index in [1.54, 1.807) is 0 Å². The van der Waals surface area contributed by atoms with Gasteiger partial charge in [-0.3, -0.25) is 4.79 Å². The molecule has 0 aliphatic heterocycles. The maximum absolute atomic E-state index is 9.24. The number of hydrogen-bond donors (Lipinski definition) is 2. The Bertz CT molecular complexity index is 165. The minimum Gasteiger partial charge on any atom is -0.480 e. The van der Waals surface area contributed by atoms with Gasteiger partial charge in [0.25, 0.3) is 0 Å². The number of alkyl halides is 1. The largest absolute Gasteiger partial charge is 0.480 e. The molecule has 0 aromatic heterocycles. The first kappa shape index (κ1) is 14.5. The fourth-order valence-electron chi connectivity index (χ4n) is 0.385. The summed E-state index contributed by atoms with van der Waals surface area (Å²) in [7, 11) is 0. The van der Waals surface area contributed by atoms with Crippen molar-refractivity contribution in [2.75, 3.05) is 12.9 Å². The predicted molar refractivity (Wildman–Crippen MR) is 54.9 cm³/mol. The van der Waals surface area contributed by atoms with Crippen LogP contribution in [0.4, 0.5) is 0 Å². The topological polar surface area (TPSA) is 63.3 Å². The summed E-state index contributed by atoms with van der Waals surface area (Å²) in [5, 5.41) is 7.60. The molecule has 0 unspecified atom stereocenters. The third-order valence-corrected chi connectivity index (χ3v) is 0.841. The van der Waals surface area contributed by atoms with Crippen molar-refractivity contribution >= 4 is 17.6 Å². The Morgan fingerprint density at radius 1 is 1.15 bits per heavy atom. The van der Waals surface area contributed by atoms with Crippen molar-refractivity contribution in [2.24, 2.45) is 5.73 Å². The molecule has 0 heterocycles. The van der Waals surface area contributed by atoms with Crippen LogP contribution in [0.2, 0.25) is 0 Å². The van der Waals surface area contributed by atoms with Crippen molar-refractivity contribution in [3.05, 3.63) is 36.4 Å². The zero-order valence-electron chi connectivity index (χ0n) is 7.48. The molecule has 3 nitrogen and oxygen atoms in total. The molecule has 13 heavy (non-hydrogen) atoms. The standard InChI is InChI=1S/C6H6.C2H5NO2.CH3Cl/c1-2-4-6-5-3-1;3-1-2(4)5;1-2/h1-6H;1,3H2,(H,4,5);1H3. The lowest BCUT2D eigenvalue weighted by Gasteiger charge is -1.73. The molecule has 0 aliphatic rings. The average molecular weight is 204 g/mol. The number of carbonyl (C=O) groups is 1. The van der Waals surface area contributed by atoms with Crippen LogP contribution in [0.25, 0.3) is 0 Å². The Hall–Kier alpha value is -1.06. The third kappa shape index (κ3) is 18.2. The first-order valence-electron chi connectivity index (χ1n) is 3.57. The van der Waals surface area contributed by atoms with E-state index in [2.05, 4.69) is 17.3 Å². The Morgan fingerprint density at radius 2 is 1.31 bits per heavy atom. The van der Waals surface area contributed by atoms with E-state index >= 15 is 0 Å². The molecule has 4 heteroatoms. The van der Waals surface area contributed by atoms with Crippen LogP contribution in [0.15, 0.2) is 36.4 Å². The lowest BCUT2D eigenvalue weighted by atomic mass is 10.4. The number of rotatable bonds is 1. The van der Waals surface area contributed by atoms with Crippen molar-refractivity contribution in [3.63, 3.8) is 0 Å². The summed E-state index contributed by atoms with van der Waals surface area (Å²) in [4.78, 5) is 9.24. The monoisotopic (exact) mass is 203 g/mol. The van der Waals surface area contributed by atoms with Crippen molar-refractivity contribution in [1.82, 2.24) is 0 Å². The van der Waals surface area contributed by atoms with Crippen molar-refractivity contribution < 1.29 is 9.90 Å². The van der Waals surface area contributed by atoms with Gasteiger partial charge in [-0.15, -0.1) is 11.6 Å². The Morgan fingerprint density at radius 3 is 1.38 bits per heavy atom. The smallest absolute Gasteiger partial charge is 0.317 e. The molecule has 0 aliphatic carbocycles. The van der Waals surface area contributed by atoms with E-state index in [1.165, 1.54) is 6.38 Å². The van der Waals surface area contributed by atoms with Crippen LogP contribution >= 0.6 is 11.6 Å². The van der Waals surface area contributed by atoms with Gasteiger partial charge in [-0.1, -0.05) is 36.4 Å². The third-order valence-electron chi connectivity index (χ3n) is 0.841. The van der Waals surface area contributed by atoms with E-state index in [1.807, 2.05) is 36.4 Å². The SMILES string of the molecule is CCl.NCC(=O)O.c1ccccc1. The quantitative estimate of drug-likeness (QED) is 0.681. The van der Waals surface area contributed by atoms with Gasteiger partial charge >= 0.3 is 5.97 Å². The summed E-state index contributed by atoms with van der Waals surface area (Å²) < 4.78 is 0. The highest BCUT2D eigenvalue weighted by atomic mass is 35.5. The van der Waals surface area contributed by atoms with Crippen LogP contribution in [0, 0.1) is 0 Å². The van der Waals surface area contributed by atoms with E-state index in [9.17, 15) is 4.79 Å². The van der Waals surface area contributed by atoms with Crippen molar-refractivity contribution in [3.8, 4) is 0 Å². The van der Waals surface area contributed by atoms with Gasteiger partial charge in [0.15, 0.2) is 0 Å². The van der Waals surface area contributed by atoms with E-state index in [-0.39, 0.29) is 6.54 Å². The Labute approximate surface area is 83.1 Å². The zero-order valence-corrected chi connectivity index (χ0v) is 8.24. The highest BCUT2D eigenvalue weighted by Gasteiger charge is 1.81. The summed E-state index contributed by atoms with van der Waals surface area (Å²) in [5.41, 5.74) is 4.57. The molecule has 74 valence electrons. The predicted octanol–water partition coefficient (Wildman–Crippen LogP) is 1.57. The lowest BCUT2D eigenvalue weighted by Crippen LogP contribution is -2.10. The molecular weight excluding hydrogens is 190 g/mol. The molecule has 1 rings (SSSR count). The molecule has 0 saturated heterocycles. The molecule has 0 bridgehead atoms. The first-order chi connectivity index (χ1) is 6.27. The van der Waals surface area contributed by atoms with Crippen LogP contribution in [0.1, 0.15) is 0 Å². The number of nitrogens with two attached hydrogens (primary N) is 1. The Kier molecular flexibility index (Phi) is 15.0. The second kappa shape index (κ2) is 13.5. The molecular formula is C9H14ClNO2. The zero-order chi connectivity index (χ0) is 10.5. The summed E-state index contributed by atoms with van der Waals surface area (Å²) in [6, 6.07) is 12.0. The van der Waals surface area contributed by atoms with Crippen LogP contribution in [0.5, 0.6) is 0 Å². The number of halogens is 1. The van der Waals surface area contributed by atoms with Crippen LogP contribution in [0.3, 0.4) is 0 Å². The van der Waals surface area contributed by atoms with Gasteiger partial charge in [0.2, 0.25) is 0 Å². The fourth-order valence-corrected chi connectivity index (χ4v) is 0.385. The summed E-state index contributed by atoms with van der Waals surface area (Å²) in [6.07, 6.45) is 1.47. The molecule has 3 N–H and O–H groups in total.